The summed E-state index contributed by atoms with van der Waals surface area (Å²) in [5.41, 5.74) is 5.92. The molecule has 0 radical (unpaired) electrons. The van der Waals surface area contributed by atoms with Crippen LogP contribution in [0.2, 0.25) is 0 Å². The molecule has 0 unspecified atom stereocenters. The summed E-state index contributed by atoms with van der Waals surface area (Å²) in [5.74, 6) is -1.03. The average Bonchev–Trinajstić information content (AvgIpc) is 2.17. The van der Waals surface area contributed by atoms with Gasteiger partial charge in [0.2, 0.25) is 0 Å². The third kappa shape index (κ3) is 3.03. The number of nitrogens with zero attached hydrogens (tertiary/aromatic N) is 1. The van der Waals surface area contributed by atoms with Gasteiger partial charge in [0.15, 0.2) is 0 Å². The Labute approximate surface area is 85.5 Å². The number of hydrogen-bond acceptors (Lipinski definition) is 4. The molecule has 0 aromatic heterocycles. The summed E-state index contributed by atoms with van der Waals surface area (Å²) in [4.78, 5) is 20.3. The van der Waals surface area contributed by atoms with E-state index in [1.54, 1.807) is 6.07 Å². The summed E-state index contributed by atoms with van der Waals surface area (Å²) < 4.78 is 0. The minimum atomic E-state index is -1.03. The minimum Gasteiger partial charge on any atom is -0.481 e. The summed E-state index contributed by atoms with van der Waals surface area (Å²) >= 11 is 0. The van der Waals surface area contributed by atoms with Crippen molar-refractivity contribution in [3.63, 3.8) is 0 Å². The quantitative estimate of drug-likeness (QED) is 0.571. The van der Waals surface area contributed by atoms with E-state index in [1.165, 1.54) is 18.2 Å². The van der Waals surface area contributed by atoms with Crippen LogP contribution in [0.5, 0.6) is 0 Å². The average molecular weight is 210 g/mol. The molecule has 1 atom stereocenters. The summed E-state index contributed by atoms with van der Waals surface area (Å²) in [6.45, 7) is 0. The zero-order valence-electron chi connectivity index (χ0n) is 7.79. The Hall–Kier alpha value is -1.95. The number of nitro benzene ring substituents is 1. The molecule has 6 heteroatoms. The van der Waals surface area contributed by atoms with E-state index in [1.807, 2.05) is 0 Å². The van der Waals surface area contributed by atoms with E-state index in [4.69, 9.17) is 10.8 Å². The monoisotopic (exact) mass is 210 g/mol. The van der Waals surface area contributed by atoms with Crippen molar-refractivity contribution >= 4 is 11.7 Å². The SMILES string of the molecule is N[C@H](CC(=O)O)c1cccc([N+](=O)[O-])c1. The van der Waals surface area contributed by atoms with E-state index in [-0.39, 0.29) is 12.1 Å². The lowest BCUT2D eigenvalue weighted by Crippen LogP contribution is -2.15. The Morgan fingerprint density at radius 2 is 2.27 bits per heavy atom. The van der Waals surface area contributed by atoms with Crippen molar-refractivity contribution in [3.05, 3.63) is 39.9 Å². The maximum atomic E-state index is 10.4. The van der Waals surface area contributed by atoms with Gasteiger partial charge in [0.05, 0.1) is 11.3 Å². The molecule has 6 nitrogen and oxygen atoms in total. The molecule has 80 valence electrons. The first-order chi connectivity index (χ1) is 7.00. The van der Waals surface area contributed by atoms with E-state index in [0.29, 0.717) is 5.56 Å². The smallest absolute Gasteiger partial charge is 0.305 e. The van der Waals surface area contributed by atoms with Crippen molar-refractivity contribution in [3.8, 4) is 0 Å². The predicted octanol–water partition coefficient (Wildman–Crippen LogP) is 1.07. The first kappa shape index (κ1) is 11.1. The standard InChI is InChI=1S/C9H10N2O4/c10-8(5-9(12)13)6-2-1-3-7(4-6)11(14)15/h1-4,8H,5,10H2,(H,12,13)/t8-/m1/s1. The molecule has 0 bridgehead atoms. The number of non-ortho nitro benzene ring substituents is 1. The number of hydrogen-bond donors (Lipinski definition) is 2. The van der Waals surface area contributed by atoms with Crippen molar-refractivity contribution in [1.82, 2.24) is 0 Å². The molecule has 15 heavy (non-hydrogen) atoms. The molecule has 0 heterocycles. The van der Waals surface area contributed by atoms with Gasteiger partial charge >= 0.3 is 5.97 Å². The molecule has 1 aromatic carbocycles. The van der Waals surface area contributed by atoms with Gasteiger partial charge in [-0.3, -0.25) is 14.9 Å². The highest BCUT2D eigenvalue weighted by atomic mass is 16.6. The molecule has 0 saturated carbocycles. The largest absolute Gasteiger partial charge is 0.481 e. The highest BCUT2D eigenvalue weighted by Crippen LogP contribution is 2.19. The van der Waals surface area contributed by atoms with Crippen molar-refractivity contribution in [2.75, 3.05) is 0 Å². The topological polar surface area (TPSA) is 106 Å². The van der Waals surface area contributed by atoms with Crippen molar-refractivity contribution in [2.45, 2.75) is 12.5 Å². The van der Waals surface area contributed by atoms with E-state index < -0.39 is 16.9 Å². The van der Waals surface area contributed by atoms with E-state index in [0.717, 1.165) is 0 Å². The molecule has 0 fully saturated rings. The molecule has 0 aliphatic rings. The number of aliphatic carboxylic acids is 1. The van der Waals surface area contributed by atoms with Gasteiger partial charge in [-0.1, -0.05) is 12.1 Å². The van der Waals surface area contributed by atoms with Gasteiger partial charge in [0.25, 0.3) is 5.69 Å². The third-order valence-corrected chi connectivity index (χ3v) is 1.90. The highest BCUT2D eigenvalue weighted by molar-refractivity contribution is 5.68. The Bertz CT molecular complexity index is 391. The first-order valence-corrected chi connectivity index (χ1v) is 4.22. The lowest BCUT2D eigenvalue weighted by molar-refractivity contribution is -0.384. The maximum absolute atomic E-state index is 10.4. The van der Waals surface area contributed by atoms with Crippen LogP contribution < -0.4 is 5.73 Å². The van der Waals surface area contributed by atoms with Gasteiger partial charge in [-0.2, -0.15) is 0 Å². The second-order valence-electron chi connectivity index (χ2n) is 3.06. The van der Waals surface area contributed by atoms with Gasteiger partial charge in [-0.15, -0.1) is 0 Å². The molecule has 0 aliphatic heterocycles. The number of rotatable bonds is 4. The fourth-order valence-electron chi connectivity index (χ4n) is 1.17. The molecular weight excluding hydrogens is 200 g/mol. The predicted molar refractivity (Wildman–Crippen MR) is 52.3 cm³/mol. The van der Waals surface area contributed by atoms with E-state index in [2.05, 4.69) is 0 Å². The zero-order valence-corrected chi connectivity index (χ0v) is 7.79. The fourth-order valence-corrected chi connectivity index (χ4v) is 1.17. The van der Waals surface area contributed by atoms with Gasteiger partial charge in [0.1, 0.15) is 0 Å². The van der Waals surface area contributed by atoms with Crippen molar-refractivity contribution in [1.29, 1.82) is 0 Å². The molecule has 0 saturated heterocycles. The number of carbonyl (C=O) groups is 1. The summed E-state index contributed by atoms with van der Waals surface area (Å²) in [6.07, 6.45) is -0.249. The molecular formula is C9H10N2O4. The van der Waals surface area contributed by atoms with Crippen LogP contribution in [0.3, 0.4) is 0 Å². The normalized spacial score (nSPS) is 12.1. The second kappa shape index (κ2) is 4.52. The number of carboxylic acids is 1. The van der Waals surface area contributed by atoms with Crippen LogP contribution in [-0.2, 0) is 4.79 Å². The third-order valence-electron chi connectivity index (χ3n) is 1.90. The molecule has 0 spiro atoms. The second-order valence-corrected chi connectivity index (χ2v) is 3.06. The lowest BCUT2D eigenvalue weighted by atomic mass is 10.0. The molecule has 0 amide bonds. The van der Waals surface area contributed by atoms with Gasteiger partial charge in [0, 0.05) is 18.2 Å². The van der Waals surface area contributed by atoms with Gasteiger partial charge in [-0.05, 0) is 5.56 Å². The molecule has 3 N–H and O–H groups in total. The summed E-state index contributed by atoms with van der Waals surface area (Å²) in [6, 6.07) is 4.95. The van der Waals surface area contributed by atoms with Gasteiger partial charge < -0.3 is 10.8 Å². The number of benzene rings is 1. The molecule has 1 rings (SSSR count). The van der Waals surface area contributed by atoms with Crippen LogP contribution >= 0.6 is 0 Å². The van der Waals surface area contributed by atoms with Crippen molar-refractivity contribution < 1.29 is 14.8 Å². The molecule has 0 aliphatic carbocycles. The summed E-state index contributed by atoms with van der Waals surface area (Å²) in [5, 5.41) is 19.0. The molecule has 1 aromatic rings. The number of nitrogens with two attached hydrogens (primary N) is 1. The maximum Gasteiger partial charge on any atom is 0.305 e. The van der Waals surface area contributed by atoms with Crippen LogP contribution in [-0.4, -0.2) is 16.0 Å². The lowest BCUT2D eigenvalue weighted by Gasteiger charge is -2.08. The van der Waals surface area contributed by atoms with E-state index >= 15 is 0 Å². The van der Waals surface area contributed by atoms with Crippen LogP contribution in [0.1, 0.15) is 18.0 Å². The Morgan fingerprint density at radius 1 is 1.60 bits per heavy atom. The Kier molecular flexibility index (Phi) is 3.35. The van der Waals surface area contributed by atoms with E-state index in [9.17, 15) is 14.9 Å². The fraction of sp³-hybridized carbons (Fsp3) is 0.222. The zero-order chi connectivity index (χ0) is 11.4. The van der Waals surface area contributed by atoms with Crippen LogP contribution in [0.4, 0.5) is 5.69 Å². The Balaban J connectivity index is 2.89. The Morgan fingerprint density at radius 3 is 2.80 bits per heavy atom. The van der Waals surface area contributed by atoms with Crippen LogP contribution in [0.25, 0.3) is 0 Å². The highest BCUT2D eigenvalue weighted by Gasteiger charge is 2.13. The van der Waals surface area contributed by atoms with Crippen molar-refractivity contribution in [2.24, 2.45) is 5.73 Å². The minimum absolute atomic E-state index is 0.0895. The number of nitro groups is 1. The number of carboxylic acid groups (broad SMARTS) is 1. The first-order valence-electron chi connectivity index (χ1n) is 4.22. The van der Waals surface area contributed by atoms with Gasteiger partial charge in [-0.25, -0.2) is 0 Å². The summed E-state index contributed by atoms with van der Waals surface area (Å²) in [7, 11) is 0. The van der Waals surface area contributed by atoms with Crippen LogP contribution in [0, 0.1) is 10.1 Å². The van der Waals surface area contributed by atoms with Crippen LogP contribution in [0.15, 0.2) is 24.3 Å².